The number of benzene rings is 1. The summed E-state index contributed by atoms with van der Waals surface area (Å²) in [7, 11) is 1.31. The van der Waals surface area contributed by atoms with Crippen LogP contribution in [0.3, 0.4) is 0 Å². The number of nitrogens with one attached hydrogen (secondary N) is 1. The molecule has 0 atom stereocenters. The Labute approximate surface area is 139 Å². The molecule has 0 aliphatic rings. The summed E-state index contributed by atoms with van der Waals surface area (Å²) < 4.78 is 45.1. The molecule has 10 heteroatoms. The Kier molecular flexibility index (Phi) is 3.96. The summed E-state index contributed by atoms with van der Waals surface area (Å²) in [6.07, 6.45) is -2.85. The minimum atomic E-state index is -4.44. The molecule has 3 aromatic rings. The highest BCUT2D eigenvalue weighted by molar-refractivity contribution is 6.33. The molecule has 0 bridgehead atoms. The predicted octanol–water partition coefficient (Wildman–Crippen LogP) is 2.56. The van der Waals surface area contributed by atoms with Crippen LogP contribution in [-0.4, -0.2) is 22.2 Å². The lowest BCUT2D eigenvalue weighted by Crippen LogP contribution is -2.37. The molecule has 1 aromatic carbocycles. The molecule has 6 nitrogen and oxygen atoms in total. The van der Waals surface area contributed by atoms with Gasteiger partial charge in [0.2, 0.25) is 0 Å². The second-order valence-electron chi connectivity index (χ2n) is 4.99. The molecule has 2 aromatic heterocycles. The zero-order chi connectivity index (χ0) is 17.5. The molecule has 126 valence electrons. The highest BCUT2D eigenvalue weighted by atomic mass is 35.5. The van der Waals surface area contributed by atoms with Crippen LogP contribution >= 0.6 is 11.6 Å². The molecule has 0 radical (unpaired) electrons. The zero-order valence-corrected chi connectivity index (χ0v) is 13.1. The molecule has 2 heterocycles. The van der Waals surface area contributed by atoms with E-state index < -0.39 is 11.7 Å². The van der Waals surface area contributed by atoms with Gasteiger partial charge in [0.05, 0.1) is 18.9 Å². The van der Waals surface area contributed by atoms with Crippen molar-refractivity contribution in [2.24, 2.45) is 0 Å². The van der Waals surface area contributed by atoms with Crippen molar-refractivity contribution in [1.29, 1.82) is 0 Å². The van der Waals surface area contributed by atoms with E-state index in [2.05, 4.69) is 15.1 Å². The number of ether oxygens (including phenoxy) is 1. The van der Waals surface area contributed by atoms with Crippen LogP contribution in [-0.2, 0) is 12.7 Å². The second-order valence-corrected chi connectivity index (χ2v) is 5.35. The number of methoxy groups -OCH3 is 1. The number of fused-ring (bicyclic) bond motifs is 1. The molecule has 0 saturated heterocycles. The van der Waals surface area contributed by atoms with Gasteiger partial charge in [-0.3, -0.25) is 0 Å². The maximum atomic E-state index is 12.8. The summed E-state index contributed by atoms with van der Waals surface area (Å²) in [5.41, 5.74) is 5.78. The van der Waals surface area contributed by atoms with E-state index in [-0.39, 0.29) is 23.4 Å². The largest absolute Gasteiger partial charge is 0.496 e. The number of aromatic amines is 1. The maximum Gasteiger partial charge on any atom is 0.416 e. The van der Waals surface area contributed by atoms with Crippen LogP contribution < -0.4 is 15.2 Å². The van der Waals surface area contributed by atoms with Gasteiger partial charge in [-0.2, -0.15) is 22.8 Å². The fourth-order valence-electron chi connectivity index (χ4n) is 2.32. The monoisotopic (exact) mass is 358 g/mol. The topological polar surface area (TPSA) is 80.7 Å². The van der Waals surface area contributed by atoms with Crippen molar-refractivity contribution in [2.45, 2.75) is 12.7 Å². The van der Waals surface area contributed by atoms with Crippen molar-refractivity contribution < 1.29 is 22.6 Å². The lowest BCUT2D eigenvalue weighted by Gasteiger charge is -2.11. The first-order valence-electron chi connectivity index (χ1n) is 6.73. The smallest absolute Gasteiger partial charge is 0.416 e. The Morgan fingerprint density at radius 3 is 2.75 bits per heavy atom. The number of hydrogen-bond acceptors (Lipinski definition) is 4. The lowest BCUT2D eigenvalue weighted by molar-refractivity contribution is -0.720. The standard InChI is InChI=1S/C14H11ClF3N5O/c1-24-10-4-8(14(16,17)18)3-2-7(10)6-23-12-9(5-20-23)11(15)21-13(19)22-12/h2-5H,6H2,1H3,(H2,19,20,21,22)/p+1. The number of nitrogen functional groups attached to an aromatic ring is 1. The normalized spacial score (nSPS) is 11.9. The first-order valence-corrected chi connectivity index (χ1v) is 7.11. The second kappa shape index (κ2) is 5.82. The van der Waals surface area contributed by atoms with Crippen LogP contribution in [0.1, 0.15) is 11.1 Å². The van der Waals surface area contributed by atoms with E-state index in [4.69, 9.17) is 22.1 Å². The van der Waals surface area contributed by atoms with E-state index in [0.29, 0.717) is 16.6 Å². The summed E-state index contributed by atoms with van der Waals surface area (Å²) in [5.74, 6) is 0.119. The number of hydrogen-bond donors (Lipinski definition) is 2. The highest BCUT2D eigenvalue weighted by Gasteiger charge is 2.31. The van der Waals surface area contributed by atoms with Gasteiger partial charge in [-0.15, -0.1) is 0 Å². The third-order valence-corrected chi connectivity index (χ3v) is 3.75. The molecule has 24 heavy (non-hydrogen) atoms. The molecule has 0 amide bonds. The number of anilines is 1. The number of rotatable bonds is 3. The van der Waals surface area contributed by atoms with Crippen LogP contribution in [0.15, 0.2) is 24.4 Å². The lowest BCUT2D eigenvalue weighted by atomic mass is 10.1. The van der Waals surface area contributed by atoms with Crippen LogP contribution in [0, 0.1) is 0 Å². The number of aromatic nitrogens is 4. The van der Waals surface area contributed by atoms with Crippen LogP contribution in [0.4, 0.5) is 19.1 Å². The number of H-pyrrole nitrogens is 1. The number of nitrogens with two attached hydrogens (primary N) is 1. The van der Waals surface area contributed by atoms with Crippen molar-refractivity contribution in [3.8, 4) is 5.75 Å². The summed E-state index contributed by atoms with van der Waals surface area (Å²) >= 11 is 5.99. The number of nitrogens with zero attached hydrogens (tertiary/aromatic N) is 3. The Bertz CT molecular complexity index is 909. The molecule has 3 rings (SSSR count). The quantitative estimate of drug-likeness (QED) is 0.557. The van der Waals surface area contributed by atoms with Crippen LogP contribution in [0.5, 0.6) is 5.75 Å². The van der Waals surface area contributed by atoms with Crippen LogP contribution in [0.25, 0.3) is 11.0 Å². The Morgan fingerprint density at radius 1 is 1.33 bits per heavy atom. The Hall–Kier alpha value is -2.55. The van der Waals surface area contributed by atoms with Gasteiger partial charge in [-0.1, -0.05) is 17.7 Å². The fourth-order valence-corrected chi connectivity index (χ4v) is 2.55. The molecule has 0 fully saturated rings. The van der Waals surface area contributed by atoms with E-state index >= 15 is 0 Å². The first kappa shape index (κ1) is 16.3. The third-order valence-electron chi connectivity index (χ3n) is 3.46. The van der Waals surface area contributed by atoms with Gasteiger partial charge < -0.3 is 10.5 Å². The average Bonchev–Trinajstić information content (AvgIpc) is 2.90. The molecule has 0 aliphatic carbocycles. The highest BCUT2D eigenvalue weighted by Crippen LogP contribution is 2.33. The average molecular weight is 359 g/mol. The van der Waals surface area contributed by atoms with E-state index in [1.165, 1.54) is 13.2 Å². The van der Waals surface area contributed by atoms with Crippen molar-refractivity contribution >= 4 is 28.6 Å². The van der Waals surface area contributed by atoms with E-state index in [0.717, 1.165) is 12.1 Å². The van der Waals surface area contributed by atoms with Gasteiger partial charge in [-0.05, 0) is 12.1 Å². The van der Waals surface area contributed by atoms with Gasteiger partial charge in [0, 0.05) is 10.5 Å². The Morgan fingerprint density at radius 2 is 2.08 bits per heavy atom. The molecular formula is C14H12ClF3N5O+. The Balaban J connectivity index is 2.03. The summed E-state index contributed by atoms with van der Waals surface area (Å²) in [6.45, 7) is 0.192. The summed E-state index contributed by atoms with van der Waals surface area (Å²) in [6, 6.07) is 3.31. The number of alkyl halides is 3. The van der Waals surface area contributed by atoms with Crippen molar-refractivity contribution in [3.05, 3.63) is 40.7 Å². The van der Waals surface area contributed by atoms with E-state index in [1.807, 2.05) is 0 Å². The van der Waals surface area contributed by atoms with Crippen molar-refractivity contribution in [3.63, 3.8) is 0 Å². The summed E-state index contributed by atoms with van der Waals surface area (Å²) in [5, 5.41) is 3.66. The van der Waals surface area contributed by atoms with Gasteiger partial charge in [-0.25, -0.2) is 5.10 Å². The molecule has 3 N–H and O–H groups in total. The van der Waals surface area contributed by atoms with Gasteiger partial charge in [0.15, 0.2) is 5.15 Å². The molecule has 0 unspecified atom stereocenters. The van der Waals surface area contributed by atoms with E-state index in [9.17, 15) is 13.2 Å². The SMILES string of the molecule is COc1cc(C(F)(F)F)ccc1C[n+]1[nH]cc2c(Cl)nc(N)nc21. The van der Waals surface area contributed by atoms with Crippen molar-refractivity contribution in [1.82, 2.24) is 15.1 Å². The number of halogens is 4. The molecule has 0 saturated carbocycles. The van der Waals surface area contributed by atoms with Gasteiger partial charge in [0.1, 0.15) is 17.7 Å². The van der Waals surface area contributed by atoms with Gasteiger partial charge >= 0.3 is 17.8 Å². The minimum Gasteiger partial charge on any atom is -0.496 e. The zero-order valence-electron chi connectivity index (χ0n) is 12.4. The van der Waals surface area contributed by atoms with Crippen LogP contribution in [0.2, 0.25) is 5.15 Å². The predicted molar refractivity (Wildman–Crippen MR) is 80.6 cm³/mol. The fraction of sp³-hybridized carbons (Fsp3) is 0.214. The molecular weight excluding hydrogens is 347 g/mol. The molecule has 0 aliphatic heterocycles. The van der Waals surface area contributed by atoms with E-state index in [1.54, 1.807) is 10.9 Å². The van der Waals surface area contributed by atoms with Gasteiger partial charge in [0.25, 0.3) is 0 Å². The first-order chi connectivity index (χ1) is 11.3. The minimum absolute atomic E-state index is 0.000217. The maximum absolute atomic E-state index is 12.8. The van der Waals surface area contributed by atoms with Crippen molar-refractivity contribution in [2.75, 3.05) is 12.8 Å². The summed E-state index contributed by atoms with van der Waals surface area (Å²) in [4.78, 5) is 7.94. The molecule has 0 spiro atoms. The third kappa shape index (κ3) is 2.94.